The molecule has 136 valence electrons. The van der Waals surface area contributed by atoms with Crippen molar-refractivity contribution in [1.29, 1.82) is 0 Å². The highest BCUT2D eigenvalue weighted by molar-refractivity contribution is 5.79. The number of halogens is 1. The summed E-state index contributed by atoms with van der Waals surface area (Å²) >= 11 is 0. The highest BCUT2D eigenvalue weighted by atomic mass is 19.1. The molecule has 8 heteroatoms. The van der Waals surface area contributed by atoms with E-state index in [4.69, 9.17) is 4.52 Å². The Hall–Kier alpha value is -3.16. The van der Waals surface area contributed by atoms with E-state index in [-0.39, 0.29) is 5.82 Å². The van der Waals surface area contributed by atoms with Gasteiger partial charge in [0.05, 0.1) is 17.9 Å². The molecule has 0 radical (unpaired) electrons. The standard InChI is InChI=1S/C18H21FN6O/c1-13-14(11-25(22-13)17-6-4-15(19)5-7-17)10-21-18(20-2)24(3)12-16-8-9-26-23-16/h4-9,11H,10,12H2,1-3H3,(H,20,21). The number of hydrogen-bond acceptors (Lipinski definition) is 4. The van der Waals surface area contributed by atoms with Crippen LogP contribution < -0.4 is 5.32 Å². The largest absolute Gasteiger partial charge is 0.364 e. The third kappa shape index (κ3) is 4.08. The van der Waals surface area contributed by atoms with Crippen LogP contribution in [0.1, 0.15) is 17.0 Å². The maximum absolute atomic E-state index is 13.1. The monoisotopic (exact) mass is 356 g/mol. The van der Waals surface area contributed by atoms with Gasteiger partial charge in [0.2, 0.25) is 0 Å². The molecule has 3 rings (SSSR count). The molecule has 26 heavy (non-hydrogen) atoms. The smallest absolute Gasteiger partial charge is 0.194 e. The number of nitrogens with zero attached hydrogens (tertiary/aromatic N) is 5. The molecular formula is C18H21FN6O. The zero-order valence-corrected chi connectivity index (χ0v) is 15.0. The van der Waals surface area contributed by atoms with Crippen LogP contribution in [0.25, 0.3) is 5.69 Å². The van der Waals surface area contributed by atoms with Gasteiger partial charge >= 0.3 is 0 Å². The Morgan fingerprint density at radius 3 is 2.73 bits per heavy atom. The van der Waals surface area contributed by atoms with Gasteiger partial charge in [-0.25, -0.2) is 9.07 Å². The average Bonchev–Trinajstić information content (AvgIpc) is 3.26. The van der Waals surface area contributed by atoms with Gasteiger partial charge in [0.25, 0.3) is 0 Å². The fourth-order valence-electron chi connectivity index (χ4n) is 2.59. The first-order valence-corrected chi connectivity index (χ1v) is 8.19. The Morgan fingerprint density at radius 1 is 1.31 bits per heavy atom. The lowest BCUT2D eigenvalue weighted by molar-refractivity contribution is 0.391. The fourth-order valence-corrected chi connectivity index (χ4v) is 2.59. The van der Waals surface area contributed by atoms with Crippen molar-refractivity contribution >= 4 is 5.96 Å². The molecule has 0 unspecified atom stereocenters. The predicted octanol–water partition coefficient (Wildman–Crippen LogP) is 2.52. The number of rotatable bonds is 5. The topological polar surface area (TPSA) is 71.5 Å². The molecule has 0 fully saturated rings. The van der Waals surface area contributed by atoms with Crippen LogP contribution in [0.4, 0.5) is 4.39 Å². The third-order valence-corrected chi connectivity index (χ3v) is 3.99. The lowest BCUT2D eigenvalue weighted by Gasteiger charge is -2.20. The van der Waals surface area contributed by atoms with Gasteiger partial charge in [-0.15, -0.1) is 0 Å². The van der Waals surface area contributed by atoms with E-state index in [0.29, 0.717) is 13.1 Å². The van der Waals surface area contributed by atoms with E-state index in [1.54, 1.807) is 30.1 Å². The fraction of sp³-hybridized carbons (Fsp3) is 0.278. The summed E-state index contributed by atoms with van der Waals surface area (Å²) < 4.78 is 19.7. The summed E-state index contributed by atoms with van der Waals surface area (Å²) in [7, 11) is 3.66. The number of aromatic nitrogens is 3. The second-order valence-electron chi connectivity index (χ2n) is 5.91. The zero-order chi connectivity index (χ0) is 18.5. The molecule has 7 nitrogen and oxygen atoms in total. The molecule has 1 N–H and O–H groups in total. The maximum Gasteiger partial charge on any atom is 0.194 e. The maximum atomic E-state index is 13.1. The quantitative estimate of drug-likeness (QED) is 0.562. The van der Waals surface area contributed by atoms with E-state index in [9.17, 15) is 4.39 Å². The van der Waals surface area contributed by atoms with E-state index < -0.39 is 0 Å². The minimum absolute atomic E-state index is 0.265. The molecular weight excluding hydrogens is 335 g/mol. The van der Waals surface area contributed by atoms with Crippen LogP contribution in [0.3, 0.4) is 0 Å². The lowest BCUT2D eigenvalue weighted by atomic mass is 10.2. The summed E-state index contributed by atoms with van der Waals surface area (Å²) in [6.07, 6.45) is 3.48. The highest BCUT2D eigenvalue weighted by Gasteiger charge is 2.11. The second-order valence-corrected chi connectivity index (χ2v) is 5.91. The highest BCUT2D eigenvalue weighted by Crippen LogP contribution is 2.13. The van der Waals surface area contributed by atoms with E-state index >= 15 is 0 Å². The molecule has 3 aromatic rings. The van der Waals surface area contributed by atoms with Gasteiger partial charge in [0.15, 0.2) is 5.96 Å². The molecule has 0 saturated carbocycles. The molecule has 0 aliphatic heterocycles. The van der Waals surface area contributed by atoms with Crippen LogP contribution in [0.15, 0.2) is 52.3 Å². The Morgan fingerprint density at radius 2 is 2.08 bits per heavy atom. The molecule has 2 heterocycles. The first kappa shape index (κ1) is 17.7. The van der Waals surface area contributed by atoms with Crippen LogP contribution in [0.2, 0.25) is 0 Å². The number of hydrogen-bond donors (Lipinski definition) is 1. The number of guanidine groups is 1. The number of aryl methyl sites for hydroxylation is 1. The molecule has 0 saturated heterocycles. The van der Waals surface area contributed by atoms with Crippen molar-refractivity contribution in [3.8, 4) is 5.69 Å². The number of nitrogens with one attached hydrogen (secondary N) is 1. The van der Waals surface area contributed by atoms with Crippen molar-refractivity contribution in [3.63, 3.8) is 0 Å². The summed E-state index contributed by atoms with van der Waals surface area (Å²) in [4.78, 5) is 6.25. The van der Waals surface area contributed by atoms with Crippen molar-refractivity contribution in [3.05, 3.63) is 65.6 Å². The van der Waals surface area contributed by atoms with Gasteiger partial charge < -0.3 is 14.7 Å². The normalized spacial score (nSPS) is 11.6. The third-order valence-electron chi connectivity index (χ3n) is 3.99. The van der Waals surface area contributed by atoms with Gasteiger partial charge in [-0.2, -0.15) is 5.10 Å². The van der Waals surface area contributed by atoms with Crippen LogP contribution in [0, 0.1) is 12.7 Å². The summed E-state index contributed by atoms with van der Waals surface area (Å²) in [5.74, 6) is 0.473. The van der Waals surface area contributed by atoms with Crippen molar-refractivity contribution in [1.82, 2.24) is 25.2 Å². The number of benzene rings is 1. The van der Waals surface area contributed by atoms with Crippen molar-refractivity contribution < 1.29 is 8.91 Å². The minimum Gasteiger partial charge on any atom is -0.364 e. The Balaban J connectivity index is 1.65. The van der Waals surface area contributed by atoms with Crippen LogP contribution in [-0.4, -0.2) is 39.9 Å². The summed E-state index contributed by atoms with van der Waals surface area (Å²) in [5.41, 5.74) is 3.57. The predicted molar refractivity (Wildman–Crippen MR) is 96.4 cm³/mol. The van der Waals surface area contributed by atoms with Crippen molar-refractivity contribution in [2.45, 2.75) is 20.0 Å². The van der Waals surface area contributed by atoms with E-state index in [1.807, 2.05) is 31.1 Å². The SMILES string of the molecule is CN=C(NCc1cn(-c2ccc(F)cc2)nc1C)N(C)Cc1ccon1. The number of aliphatic imine (C=N–C) groups is 1. The second kappa shape index (κ2) is 7.81. The van der Waals surface area contributed by atoms with Crippen molar-refractivity contribution in [2.75, 3.05) is 14.1 Å². The van der Waals surface area contributed by atoms with Crippen LogP contribution >= 0.6 is 0 Å². The molecule has 1 aromatic carbocycles. The zero-order valence-electron chi connectivity index (χ0n) is 15.0. The minimum atomic E-state index is -0.265. The first-order chi connectivity index (χ1) is 12.6. The van der Waals surface area contributed by atoms with Gasteiger partial charge in [0, 0.05) is 38.5 Å². The first-order valence-electron chi connectivity index (χ1n) is 8.19. The summed E-state index contributed by atoms with van der Waals surface area (Å²) in [6.45, 7) is 3.10. The van der Waals surface area contributed by atoms with Gasteiger partial charge in [-0.05, 0) is 31.2 Å². The van der Waals surface area contributed by atoms with Crippen LogP contribution in [0.5, 0.6) is 0 Å². The molecule has 0 atom stereocenters. The molecule has 0 spiro atoms. The molecule has 2 aromatic heterocycles. The van der Waals surface area contributed by atoms with Gasteiger partial charge in [0.1, 0.15) is 17.8 Å². The Bertz CT molecular complexity index is 870. The van der Waals surface area contributed by atoms with Gasteiger partial charge in [-0.1, -0.05) is 5.16 Å². The Kier molecular flexibility index (Phi) is 5.31. The Labute approximate surface area is 151 Å². The van der Waals surface area contributed by atoms with Crippen molar-refractivity contribution in [2.24, 2.45) is 4.99 Å². The van der Waals surface area contributed by atoms with Gasteiger partial charge in [-0.3, -0.25) is 4.99 Å². The van der Waals surface area contributed by atoms with E-state index in [0.717, 1.165) is 28.6 Å². The van der Waals surface area contributed by atoms with Crippen LogP contribution in [-0.2, 0) is 13.1 Å². The summed E-state index contributed by atoms with van der Waals surface area (Å²) in [6, 6.07) is 8.06. The van der Waals surface area contributed by atoms with E-state index in [2.05, 4.69) is 20.6 Å². The van der Waals surface area contributed by atoms with E-state index in [1.165, 1.54) is 12.1 Å². The average molecular weight is 356 g/mol. The molecule has 0 aliphatic rings. The summed E-state index contributed by atoms with van der Waals surface area (Å²) in [5, 5.41) is 11.7. The molecule has 0 amide bonds. The molecule has 0 aliphatic carbocycles. The lowest BCUT2D eigenvalue weighted by Crippen LogP contribution is -2.38. The molecule has 0 bridgehead atoms.